The Balaban J connectivity index is 1.74. The van der Waals surface area contributed by atoms with E-state index < -0.39 is 0 Å². The molecule has 3 amide bonds. The predicted molar refractivity (Wildman–Crippen MR) is 105 cm³/mol. The molecule has 0 saturated carbocycles. The molecule has 1 aliphatic heterocycles. The van der Waals surface area contributed by atoms with Crippen LogP contribution in [0.15, 0.2) is 42.5 Å². The highest BCUT2D eigenvalue weighted by atomic mass is 16.2. The van der Waals surface area contributed by atoms with E-state index >= 15 is 0 Å². The van der Waals surface area contributed by atoms with Crippen LogP contribution in [0.25, 0.3) is 0 Å². The van der Waals surface area contributed by atoms with Crippen LogP contribution in [0.1, 0.15) is 42.3 Å². The topological polar surface area (TPSA) is 61.4 Å². The number of benzene rings is 2. The lowest BCUT2D eigenvalue weighted by Crippen LogP contribution is -2.28. The van der Waals surface area contributed by atoms with Crippen molar-refractivity contribution >= 4 is 23.3 Å². The van der Waals surface area contributed by atoms with Gasteiger partial charge in [0, 0.05) is 30.0 Å². The summed E-state index contributed by atoms with van der Waals surface area (Å²) in [5.41, 5.74) is 4.38. The molecule has 1 heterocycles. The molecular formula is C21H25N3O2. The molecule has 2 aromatic rings. The Bertz CT molecular complexity index is 835. The van der Waals surface area contributed by atoms with Gasteiger partial charge in [-0.2, -0.15) is 0 Å². The van der Waals surface area contributed by atoms with Crippen molar-refractivity contribution in [1.82, 2.24) is 5.32 Å². The third-order valence-electron chi connectivity index (χ3n) is 4.62. The Morgan fingerprint density at radius 1 is 1.12 bits per heavy atom. The van der Waals surface area contributed by atoms with Crippen molar-refractivity contribution in [3.8, 4) is 0 Å². The maximum atomic E-state index is 12.5. The zero-order valence-electron chi connectivity index (χ0n) is 15.7. The summed E-state index contributed by atoms with van der Waals surface area (Å²) in [5.74, 6) is -0.158. The number of urea groups is 1. The molecule has 1 fully saturated rings. The fourth-order valence-corrected chi connectivity index (χ4v) is 3.06. The summed E-state index contributed by atoms with van der Waals surface area (Å²) < 4.78 is 0. The first-order chi connectivity index (χ1) is 12.3. The molecular weight excluding hydrogens is 326 g/mol. The number of carbonyl (C=O) groups excluding carboxylic acids is 2. The standard InChI is InChI=1S/C21H25N3O2/c1-14-13-15(5-10-18(14)24-12-11-22-20(24)26)19(25)23-17-8-6-16(7-9-17)21(2,3)4/h5-10,13H,11-12H2,1-4H3,(H,22,26)(H,23,25). The SMILES string of the molecule is Cc1cc(C(=O)Nc2ccc(C(C)(C)C)cc2)ccc1N1CCNC1=O. The molecule has 1 saturated heterocycles. The molecule has 2 N–H and O–H groups in total. The molecule has 5 heteroatoms. The van der Waals surface area contributed by atoms with Gasteiger partial charge in [0.15, 0.2) is 0 Å². The Kier molecular flexibility index (Phi) is 4.72. The first kappa shape index (κ1) is 18.0. The molecule has 0 atom stereocenters. The summed E-state index contributed by atoms with van der Waals surface area (Å²) in [4.78, 5) is 26.1. The summed E-state index contributed by atoms with van der Waals surface area (Å²) in [6.45, 7) is 9.68. The second kappa shape index (κ2) is 6.83. The highest BCUT2D eigenvalue weighted by Gasteiger charge is 2.23. The van der Waals surface area contributed by atoms with Gasteiger partial charge in [0.05, 0.1) is 0 Å². The van der Waals surface area contributed by atoms with Crippen LogP contribution in [0.3, 0.4) is 0 Å². The quantitative estimate of drug-likeness (QED) is 0.875. The normalized spacial score (nSPS) is 14.3. The Morgan fingerprint density at radius 3 is 2.35 bits per heavy atom. The largest absolute Gasteiger partial charge is 0.336 e. The molecule has 0 aromatic heterocycles. The highest BCUT2D eigenvalue weighted by molar-refractivity contribution is 6.05. The zero-order valence-corrected chi connectivity index (χ0v) is 15.7. The van der Waals surface area contributed by atoms with Crippen LogP contribution >= 0.6 is 0 Å². The number of carbonyl (C=O) groups is 2. The van der Waals surface area contributed by atoms with Gasteiger partial charge in [0.2, 0.25) is 0 Å². The maximum absolute atomic E-state index is 12.5. The van der Waals surface area contributed by atoms with E-state index in [2.05, 4.69) is 31.4 Å². The first-order valence-corrected chi connectivity index (χ1v) is 8.83. The van der Waals surface area contributed by atoms with E-state index in [1.807, 2.05) is 43.3 Å². The van der Waals surface area contributed by atoms with Crippen molar-refractivity contribution in [2.75, 3.05) is 23.3 Å². The maximum Gasteiger partial charge on any atom is 0.322 e. The van der Waals surface area contributed by atoms with E-state index in [1.165, 1.54) is 5.56 Å². The molecule has 0 aliphatic carbocycles. The second-order valence-electron chi connectivity index (χ2n) is 7.67. The minimum absolute atomic E-state index is 0.0807. The first-order valence-electron chi connectivity index (χ1n) is 8.83. The van der Waals surface area contributed by atoms with Gasteiger partial charge in [-0.3, -0.25) is 9.69 Å². The molecule has 5 nitrogen and oxygen atoms in total. The molecule has 1 aliphatic rings. The predicted octanol–water partition coefficient (Wildman–Crippen LogP) is 4.07. The minimum Gasteiger partial charge on any atom is -0.336 e. The smallest absolute Gasteiger partial charge is 0.322 e. The van der Waals surface area contributed by atoms with E-state index in [9.17, 15) is 9.59 Å². The number of aryl methyl sites for hydroxylation is 1. The molecule has 0 bridgehead atoms. The van der Waals surface area contributed by atoms with Crippen molar-refractivity contribution in [1.29, 1.82) is 0 Å². The van der Waals surface area contributed by atoms with Crippen molar-refractivity contribution < 1.29 is 9.59 Å². The highest BCUT2D eigenvalue weighted by Crippen LogP contribution is 2.25. The Morgan fingerprint density at radius 2 is 1.81 bits per heavy atom. The summed E-state index contributed by atoms with van der Waals surface area (Å²) >= 11 is 0. The number of amides is 3. The van der Waals surface area contributed by atoms with Crippen molar-refractivity contribution in [3.05, 3.63) is 59.2 Å². The van der Waals surface area contributed by atoms with Crippen LogP contribution in [-0.2, 0) is 5.41 Å². The fraction of sp³-hybridized carbons (Fsp3) is 0.333. The van der Waals surface area contributed by atoms with Crippen LogP contribution < -0.4 is 15.5 Å². The molecule has 0 spiro atoms. The minimum atomic E-state index is -0.158. The summed E-state index contributed by atoms with van der Waals surface area (Å²) in [5, 5.41) is 5.72. The number of anilines is 2. The third kappa shape index (κ3) is 3.72. The Hall–Kier alpha value is -2.82. The van der Waals surface area contributed by atoms with Gasteiger partial charge in [-0.05, 0) is 53.8 Å². The van der Waals surface area contributed by atoms with Crippen molar-refractivity contribution in [3.63, 3.8) is 0 Å². The molecule has 0 unspecified atom stereocenters. The molecule has 2 aromatic carbocycles. The van der Waals surface area contributed by atoms with E-state index in [0.29, 0.717) is 18.7 Å². The van der Waals surface area contributed by atoms with Crippen LogP contribution in [-0.4, -0.2) is 25.0 Å². The van der Waals surface area contributed by atoms with Gasteiger partial charge in [0.25, 0.3) is 5.91 Å². The lowest BCUT2D eigenvalue weighted by Gasteiger charge is -2.19. The lowest BCUT2D eigenvalue weighted by molar-refractivity contribution is 0.102. The van der Waals surface area contributed by atoms with Gasteiger partial charge in [-0.1, -0.05) is 32.9 Å². The number of hydrogen-bond acceptors (Lipinski definition) is 2. The fourth-order valence-electron chi connectivity index (χ4n) is 3.06. The average Bonchev–Trinajstić information content (AvgIpc) is 3.00. The molecule has 0 radical (unpaired) electrons. The van der Waals surface area contributed by atoms with Crippen LogP contribution in [0, 0.1) is 6.92 Å². The van der Waals surface area contributed by atoms with E-state index in [-0.39, 0.29) is 17.4 Å². The molecule has 26 heavy (non-hydrogen) atoms. The van der Waals surface area contributed by atoms with Crippen LogP contribution in [0.4, 0.5) is 16.2 Å². The average molecular weight is 351 g/mol. The summed E-state index contributed by atoms with van der Waals surface area (Å²) in [6, 6.07) is 13.2. The lowest BCUT2D eigenvalue weighted by atomic mass is 9.87. The zero-order chi connectivity index (χ0) is 18.9. The van der Waals surface area contributed by atoms with E-state index in [4.69, 9.17) is 0 Å². The van der Waals surface area contributed by atoms with Crippen LogP contribution in [0.5, 0.6) is 0 Å². The van der Waals surface area contributed by atoms with E-state index in [1.54, 1.807) is 11.0 Å². The number of rotatable bonds is 3. The monoisotopic (exact) mass is 351 g/mol. The van der Waals surface area contributed by atoms with Crippen molar-refractivity contribution in [2.45, 2.75) is 33.1 Å². The van der Waals surface area contributed by atoms with Gasteiger partial charge in [-0.15, -0.1) is 0 Å². The number of nitrogens with one attached hydrogen (secondary N) is 2. The number of nitrogens with zero attached hydrogens (tertiary/aromatic N) is 1. The Labute approximate surface area is 154 Å². The molecule has 136 valence electrons. The van der Waals surface area contributed by atoms with Gasteiger partial charge in [0.1, 0.15) is 0 Å². The second-order valence-corrected chi connectivity index (χ2v) is 7.67. The summed E-state index contributed by atoms with van der Waals surface area (Å²) in [7, 11) is 0. The molecule has 3 rings (SSSR count). The van der Waals surface area contributed by atoms with Gasteiger partial charge in [-0.25, -0.2) is 4.79 Å². The van der Waals surface area contributed by atoms with Crippen LogP contribution in [0.2, 0.25) is 0 Å². The van der Waals surface area contributed by atoms with E-state index in [0.717, 1.165) is 16.9 Å². The third-order valence-corrected chi connectivity index (χ3v) is 4.62. The van der Waals surface area contributed by atoms with Crippen molar-refractivity contribution in [2.24, 2.45) is 0 Å². The number of hydrogen-bond donors (Lipinski definition) is 2. The van der Waals surface area contributed by atoms with Gasteiger partial charge < -0.3 is 10.6 Å². The summed E-state index contributed by atoms with van der Waals surface area (Å²) in [6.07, 6.45) is 0. The van der Waals surface area contributed by atoms with Gasteiger partial charge >= 0.3 is 6.03 Å².